The van der Waals surface area contributed by atoms with Gasteiger partial charge in [-0.25, -0.2) is 9.97 Å². The van der Waals surface area contributed by atoms with Crippen LogP contribution in [-0.2, 0) is 9.53 Å². The molecule has 3 heterocycles. The molecule has 0 spiro atoms. The van der Waals surface area contributed by atoms with E-state index >= 15 is 0 Å². The summed E-state index contributed by atoms with van der Waals surface area (Å²) in [4.78, 5) is 19.4. The summed E-state index contributed by atoms with van der Waals surface area (Å²) in [5, 5.41) is 10.1. The van der Waals surface area contributed by atoms with Crippen molar-refractivity contribution in [2.75, 3.05) is 12.3 Å². The smallest absolute Gasteiger partial charge is 0.154 e. The number of ether oxygens (including phenoxy) is 1. The van der Waals surface area contributed by atoms with Crippen molar-refractivity contribution < 1.29 is 14.6 Å². The molecule has 1 aliphatic rings. The third kappa shape index (κ3) is 2.57. The number of carbonyl (C=O) groups is 1. The van der Waals surface area contributed by atoms with Crippen LogP contribution < -0.4 is 5.73 Å². The number of rotatable bonds is 3. The molecule has 3 N–H and O–H groups in total. The van der Waals surface area contributed by atoms with E-state index in [2.05, 4.69) is 9.97 Å². The highest BCUT2D eigenvalue weighted by molar-refractivity contribution is 5.89. The van der Waals surface area contributed by atoms with Gasteiger partial charge in [0.25, 0.3) is 0 Å². The Hall–Kier alpha value is -1.99. The molecule has 1 fully saturated rings. The minimum Gasteiger partial charge on any atom is -0.393 e. The van der Waals surface area contributed by atoms with Gasteiger partial charge >= 0.3 is 0 Å². The first-order valence-corrected chi connectivity index (χ1v) is 7.43. The van der Waals surface area contributed by atoms with Crippen molar-refractivity contribution in [3.63, 3.8) is 0 Å². The van der Waals surface area contributed by atoms with Crippen molar-refractivity contribution in [1.29, 1.82) is 0 Å². The molecule has 0 saturated carbocycles. The number of hydrogen-bond acceptors (Lipinski definition) is 6. The lowest BCUT2D eigenvalue weighted by molar-refractivity contribution is -0.140. The van der Waals surface area contributed by atoms with Gasteiger partial charge in [0.2, 0.25) is 0 Å². The average Bonchev–Trinajstić information content (AvgIpc) is 3.12. The van der Waals surface area contributed by atoms with Gasteiger partial charge < -0.3 is 24.9 Å². The number of carbonyl (C=O) groups excluding carboxylic acids is 1. The van der Waals surface area contributed by atoms with Gasteiger partial charge in [-0.2, -0.15) is 0 Å². The summed E-state index contributed by atoms with van der Waals surface area (Å²) in [6.07, 6.45) is 4.75. The molecule has 7 heteroatoms. The topological polar surface area (TPSA) is 103 Å². The monoisotopic (exact) mass is 306 g/mol. The maximum atomic E-state index is 11.1. The molecule has 0 amide bonds. The fourth-order valence-electron chi connectivity index (χ4n) is 2.71. The largest absolute Gasteiger partial charge is 0.393 e. The number of nitrogens with two attached hydrogens (primary N) is 1. The fraction of sp³-hybridized carbons (Fsp3) is 0.533. The van der Waals surface area contributed by atoms with Gasteiger partial charge in [-0.1, -0.05) is 13.8 Å². The van der Waals surface area contributed by atoms with Crippen LogP contribution in [0.4, 0.5) is 5.82 Å². The highest BCUT2D eigenvalue weighted by atomic mass is 16.5. The highest BCUT2D eigenvalue weighted by Gasteiger charge is 2.41. The molecule has 22 heavy (non-hydrogen) atoms. The summed E-state index contributed by atoms with van der Waals surface area (Å²) in [6, 6.07) is 0. The predicted octanol–water partition coefficient (Wildman–Crippen LogP) is 1.59. The van der Waals surface area contributed by atoms with Gasteiger partial charge in [-0.3, -0.25) is 0 Å². The number of anilines is 1. The second-order valence-electron chi connectivity index (χ2n) is 5.13. The van der Waals surface area contributed by atoms with E-state index in [9.17, 15) is 9.90 Å². The van der Waals surface area contributed by atoms with Crippen LogP contribution >= 0.6 is 0 Å². The molecule has 3 rings (SSSR count). The van der Waals surface area contributed by atoms with Crippen LogP contribution in [-0.4, -0.2) is 38.1 Å². The Labute approximate surface area is 129 Å². The quantitative estimate of drug-likeness (QED) is 0.835. The summed E-state index contributed by atoms with van der Waals surface area (Å²) < 4.78 is 7.59. The third-order valence-corrected chi connectivity index (χ3v) is 3.81. The summed E-state index contributed by atoms with van der Waals surface area (Å²) in [5.74, 6) is 0.424. The molecular formula is C15H22N4O3. The molecule has 2 atom stereocenters. The molecule has 1 unspecified atom stereocenters. The predicted molar refractivity (Wildman–Crippen MR) is 83.3 cm³/mol. The van der Waals surface area contributed by atoms with Gasteiger partial charge in [0.1, 0.15) is 29.6 Å². The standard InChI is InChI=1S/C13H16N4O3.C2H6/c1-8-4-17(12-10(8)11(14)15-7-16-12)9-2-3-13(5-18,6-19)20-9;1-2/h4-5,7,9,19H,2-3,6H2,1H3,(H2,14,15,16);1-2H3/t9?,13-;/m1./s1. The van der Waals surface area contributed by atoms with E-state index in [4.69, 9.17) is 10.5 Å². The minimum absolute atomic E-state index is 0.317. The fourth-order valence-corrected chi connectivity index (χ4v) is 2.71. The summed E-state index contributed by atoms with van der Waals surface area (Å²) >= 11 is 0. The Morgan fingerprint density at radius 2 is 2.27 bits per heavy atom. The summed E-state index contributed by atoms with van der Waals surface area (Å²) in [7, 11) is 0. The van der Waals surface area contributed by atoms with Crippen molar-refractivity contribution in [1.82, 2.24) is 14.5 Å². The number of aliphatic hydroxyl groups is 1. The van der Waals surface area contributed by atoms with Crippen LogP contribution in [0.2, 0.25) is 0 Å². The van der Waals surface area contributed by atoms with Crippen LogP contribution in [0.15, 0.2) is 12.5 Å². The van der Waals surface area contributed by atoms with Gasteiger partial charge in [-0.05, 0) is 25.3 Å². The van der Waals surface area contributed by atoms with E-state index in [0.29, 0.717) is 30.6 Å². The number of hydrogen-bond donors (Lipinski definition) is 2. The summed E-state index contributed by atoms with van der Waals surface area (Å²) in [5.41, 5.74) is 6.40. The van der Waals surface area contributed by atoms with E-state index in [0.717, 1.165) is 10.9 Å². The first kappa shape index (κ1) is 16.4. The van der Waals surface area contributed by atoms with Crippen molar-refractivity contribution in [2.45, 2.75) is 45.4 Å². The molecule has 2 aromatic rings. The Kier molecular flexibility index (Phi) is 4.77. The second-order valence-corrected chi connectivity index (χ2v) is 5.13. The molecule has 1 saturated heterocycles. The van der Waals surface area contributed by atoms with Gasteiger partial charge in [0.05, 0.1) is 12.0 Å². The number of aromatic nitrogens is 3. The van der Waals surface area contributed by atoms with Gasteiger partial charge in [0.15, 0.2) is 6.29 Å². The molecule has 7 nitrogen and oxygen atoms in total. The second kappa shape index (κ2) is 6.41. The van der Waals surface area contributed by atoms with E-state index in [-0.39, 0.29) is 12.8 Å². The van der Waals surface area contributed by atoms with Gasteiger partial charge in [0, 0.05) is 6.20 Å². The molecule has 1 aliphatic heterocycles. The number of nitrogens with zero attached hydrogens (tertiary/aromatic N) is 3. The van der Waals surface area contributed by atoms with E-state index in [1.807, 2.05) is 31.5 Å². The van der Waals surface area contributed by atoms with E-state index in [1.54, 1.807) is 0 Å². The van der Waals surface area contributed by atoms with Crippen molar-refractivity contribution >= 4 is 23.1 Å². The van der Waals surface area contributed by atoms with Crippen molar-refractivity contribution in [3.8, 4) is 0 Å². The zero-order chi connectivity index (χ0) is 16.3. The molecule has 0 bridgehead atoms. The zero-order valence-electron chi connectivity index (χ0n) is 13.1. The normalized spacial score (nSPS) is 24.1. The highest BCUT2D eigenvalue weighted by Crippen LogP contribution is 2.37. The number of aryl methyl sites for hydroxylation is 1. The maximum Gasteiger partial charge on any atom is 0.154 e. The molecule has 2 aromatic heterocycles. The molecule has 0 radical (unpaired) electrons. The van der Waals surface area contributed by atoms with Crippen molar-refractivity contribution in [2.24, 2.45) is 0 Å². The molecular weight excluding hydrogens is 284 g/mol. The lowest BCUT2D eigenvalue weighted by atomic mass is 10.0. The van der Waals surface area contributed by atoms with Crippen LogP contribution in [0.1, 0.15) is 38.5 Å². The SMILES string of the molecule is CC.Cc1cn(C2CC[C@@](C=O)(CO)O2)c2ncnc(N)c12. The van der Waals surface area contributed by atoms with E-state index < -0.39 is 5.60 Å². The zero-order valence-corrected chi connectivity index (χ0v) is 13.1. The lowest BCUT2D eigenvalue weighted by Gasteiger charge is -2.21. The van der Waals surface area contributed by atoms with Crippen LogP contribution in [0.25, 0.3) is 11.0 Å². The first-order chi connectivity index (χ1) is 10.6. The van der Waals surface area contributed by atoms with Crippen LogP contribution in [0.3, 0.4) is 0 Å². The Morgan fingerprint density at radius 1 is 1.55 bits per heavy atom. The summed E-state index contributed by atoms with van der Waals surface area (Å²) in [6.45, 7) is 5.61. The van der Waals surface area contributed by atoms with Gasteiger partial charge in [-0.15, -0.1) is 0 Å². The number of nitrogen functional groups attached to an aromatic ring is 1. The minimum atomic E-state index is -1.10. The number of aldehydes is 1. The molecule has 120 valence electrons. The Balaban J connectivity index is 0.000000847. The average molecular weight is 306 g/mol. The van der Waals surface area contributed by atoms with Crippen LogP contribution in [0.5, 0.6) is 0 Å². The van der Waals surface area contributed by atoms with Crippen molar-refractivity contribution in [3.05, 3.63) is 18.1 Å². The first-order valence-electron chi connectivity index (χ1n) is 7.43. The number of aliphatic hydroxyl groups excluding tert-OH is 1. The van der Waals surface area contributed by atoms with E-state index in [1.165, 1.54) is 6.33 Å². The van der Waals surface area contributed by atoms with Crippen LogP contribution in [0, 0.1) is 6.92 Å². The Morgan fingerprint density at radius 3 is 2.86 bits per heavy atom. The Bertz CT molecular complexity index is 670. The third-order valence-electron chi connectivity index (χ3n) is 3.81. The lowest BCUT2D eigenvalue weighted by Crippen LogP contribution is -2.34. The maximum absolute atomic E-state index is 11.1. The molecule has 0 aliphatic carbocycles. The molecule has 0 aromatic carbocycles. The number of fused-ring (bicyclic) bond motifs is 1.